The third kappa shape index (κ3) is 3.32. The molecule has 33 heavy (non-hydrogen) atoms. The molecule has 0 saturated heterocycles. The zero-order chi connectivity index (χ0) is 23.8. The maximum atomic E-state index is 14.6. The standard InChI is InChI=1S/C20H16F4N6O2S/c21-12-2-1-11(13-6-27-17-16(26)28-15(7-30(13)17)20(22,23)24)5-14(12)33(31,32)29-19-4-3-18(8-19,9-19)10-25/h1-2,5-7,29H,3-4,8-9H2,(H2,26,28). The normalized spacial score (nSPS) is 24.6. The van der Waals surface area contributed by atoms with Gasteiger partial charge in [0.1, 0.15) is 10.7 Å². The van der Waals surface area contributed by atoms with Gasteiger partial charge in [0.05, 0.1) is 23.4 Å². The summed E-state index contributed by atoms with van der Waals surface area (Å²) in [6.07, 6.45) is -1.13. The van der Waals surface area contributed by atoms with Gasteiger partial charge in [0.25, 0.3) is 0 Å². The van der Waals surface area contributed by atoms with Crippen LogP contribution in [0.3, 0.4) is 0 Å². The molecule has 0 unspecified atom stereocenters. The van der Waals surface area contributed by atoms with Crippen molar-refractivity contribution in [2.24, 2.45) is 5.41 Å². The molecule has 0 amide bonds. The Labute approximate surface area is 185 Å². The Morgan fingerprint density at radius 2 is 1.97 bits per heavy atom. The first kappa shape index (κ1) is 21.6. The molecule has 3 aliphatic rings. The number of anilines is 1. The van der Waals surface area contributed by atoms with Crippen LogP contribution in [-0.2, 0) is 16.2 Å². The summed E-state index contributed by atoms with van der Waals surface area (Å²) in [5.74, 6) is -1.48. The Morgan fingerprint density at radius 1 is 1.24 bits per heavy atom. The van der Waals surface area contributed by atoms with E-state index in [0.717, 1.165) is 16.5 Å². The van der Waals surface area contributed by atoms with E-state index in [1.165, 1.54) is 12.3 Å². The third-order valence-corrected chi connectivity index (χ3v) is 7.94. The lowest BCUT2D eigenvalue weighted by Gasteiger charge is -2.43. The zero-order valence-corrected chi connectivity index (χ0v) is 17.6. The number of hydrogen-bond acceptors (Lipinski definition) is 6. The van der Waals surface area contributed by atoms with Crippen molar-refractivity contribution in [1.29, 1.82) is 5.26 Å². The number of nitrogens with one attached hydrogen (secondary N) is 1. The number of benzene rings is 1. The number of alkyl halides is 3. The predicted molar refractivity (Wildman–Crippen MR) is 107 cm³/mol. The molecule has 2 heterocycles. The van der Waals surface area contributed by atoms with Crippen molar-refractivity contribution in [3.8, 4) is 17.3 Å². The van der Waals surface area contributed by atoms with Crippen LogP contribution in [0.2, 0.25) is 0 Å². The minimum Gasteiger partial charge on any atom is -0.381 e. The summed E-state index contributed by atoms with van der Waals surface area (Å²) in [6, 6.07) is 5.41. The number of nitrogens with two attached hydrogens (primary N) is 1. The van der Waals surface area contributed by atoms with Gasteiger partial charge < -0.3 is 5.73 Å². The Morgan fingerprint density at radius 3 is 2.61 bits per heavy atom. The lowest BCUT2D eigenvalue weighted by molar-refractivity contribution is -0.141. The van der Waals surface area contributed by atoms with Crippen molar-refractivity contribution in [2.75, 3.05) is 5.73 Å². The van der Waals surface area contributed by atoms with E-state index in [1.54, 1.807) is 0 Å². The van der Waals surface area contributed by atoms with E-state index in [-0.39, 0.29) is 16.9 Å². The fourth-order valence-electron chi connectivity index (χ4n) is 4.90. The van der Waals surface area contributed by atoms with Crippen LogP contribution >= 0.6 is 0 Å². The van der Waals surface area contributed by atoms with Gasteiger partial charge in [-0.15, -0.1) is 0 Å². The predicted octanol–water partition coefficient (Wildman–Crippen LogP) is 3.25. The van der Waals surface area contributed by atoms with Crippen LogP contribution in [-0.4, -0.2) is 28.3 Å². The van der Waals surface area contributed by atoms with Gasteiger partial charge >= 0.3 is 6.18 Å². The smallest absolute Gasteiger partial charge is 0.381 e. The summed E-state index contributed by atoms with van der Waals surface area (Å²) in [5.41, 5.74) is 3.17. The van der Waals surface area contributed by atoms with E-state index < -0.39 is 49.4 Å². The number of aromatic nitrogens is 3. The molecule has 2 aromatic heterocycles. The Hall–Kier alpha value is -3.24. The molecule has 8 nitrogen and oxygen atoms in total. The van der Waals surface area contributed by atoms with E-state index in [1.807, 2.05) is 0 Å². The fraction of sp³-hybridized carbons (Fsp3) is 0.350. The van der Waals surface area contributed by atoms with E-state index in [0.29, 0.717) is 31.9 Å². The lowest BCUT2D eigenvalue weighted by Crippen LogP contribution is -2.55. The summed E-state index contributed by atoms with van der Waals surface area (Å²) < 4.78 is 83.8. The van der Waals surface area contributed by atoms with E-state index in [2.05, 4.69) is 20.8 Å². The topological polar surface area (TPSA) is 126 Å². The average molecular weight is 480 g/mol. The van der Waals surface area contributed by atoms with E-state index in [9.17, 15) is 31.2 Å². The van der Waals surface area contributed by atoms with Crippen molar-refractivity contribution in [3.05, 3.63) is 42.1 Å². The van der Waals surface area contributed by atoms with E-state index in [4.69, 9.17) is 5.73 Å². The van der Waals surface area contributed by atoms with Gasteiger partial charge in [-0.1, -0.05) is 0 Å². The fourth-order valence-corrected chi connectivity index (χ4v) is 6.44. The molecular formula is C20H16F4N6O2S. The minimum atomic E-state index is -4.77. The number of nitrogen functional groups attached to an aromatic ring is 1. The van der Waals surface area contributed by atoms with Crippen LogP contribution in [0.25, 0.3) is 16.9 Å². The quantitative estimate of drug-likeness (QED) is 0.552. The first-order valence-electron chi connectivity index (χ1n) is 9.83. The van der Waals surface area contributed by atoms with Crippen molar-refractivity contribution in [2.45, 2.75) is 42.3 Å². The van der Waals surface area contributed by atoms with Crippen LogP contribution in [0.1, 0.15) is 31.4 Å². The highest BCUT2D eigenvalue weighted by atomic mass is 32.2. The SMILES string of the molecule is N#CC12CCC(NS(=O)(=O)c3cc(-c4cnc5c(N)nc(C(F)(F)F)cn45)ccc3F)(C1)C2. The van der Waals surface area contributed by atoms with Gasteiger partial charge in [0.15, 0.2) is 17.2 Å². The number of imidazole rings is 1. The Balaban J connectivity index is 1.56. The molecule has 13 heteroatoms. The maximum Gasteiger partial charge on any atom is 0.434 e. The van der Waals surface area contributed by atoms with Crippen LogP contribution < -0.4 is 10.5 Å². The lowest BCUT2D eigenvalue weighted by atomic mass is 9.66. The number of rotatable bonds is 4. The maximum absolute atomic E-state index is 14.6. The summed E-state index contributed by atoms with van der Waals surface area (Å²) in [6.45, 7) is 0. The molecule has 3 fully saturated rings. The van der Waals surface area contributed by atoms with Gasteiger partial charge in [-0.25, -0.2) is 27.5 Å². The third-order valence-electron chi connectivity index (χ3n) is 6.35. The van der Waals surface area contributed by atoms with Crippen molar-refractivity contribution in [1.82, 2.24) is 19.1 Å². The summed E-state index contributed by atoms with van der Waals surface area (Å²) in [7, 11) is -4.32. The molecule has 3 N–H and O–H groups in total. The zero-order valence-electron chi connectivity index (χ0n) is 16.8. The van der Waals surface area contributed by atoms with Gasteiger partial charge in [-0.3, -0.25) is 4.40 Å². The second-order valence-corrected chi connectivity index (χ2v) is 10.3. The monoisotopic (exact) mass is 480 g/mol. The van der Waals surface area contributed by atoms with Crippen LogP contribution in [0, 0.1) is 22.6 Å². The van der Waals surface area contributed by atoms with Crippen LogP contribution in [0.15, 0.2) is 35.5 Å². The second-order valence-electron chi connectivity index (χ2n) is 8.62. The largest absolute Gasteiger partial charge is 0.434 e. The van der Waals surface area contributed by atoms with Gasteiger partial charge in [0, 0.05) is 17.3 Å². The second kappa shape index (κ2) is 6.64. The first-order valence-corrected chi connectivity index (χ1v) is 11.3. The molecule has 0 radical (unpaired) electrons. The molecule has 0 atom stereocenters. The summed E-state index contributed by atoms with van der Waals surface area (Å²) >= 11 is 0. The molecule has 2 bridgehead atoms. The summed E-state index contributed by atoms with van der Waals surface area (Å²) in [4.78, 5) is 6.63. The number of fused-ring (bicyclic) bond motifs is 2. The molecule has 3 aromatic rings. The minimum absolute atomic E-state index is 0.0583. The van der Waals surface area contributed by atoms with Crippen molar-refractivity contribution >= 4 is 21.5 Å². The number of hydrogen-bond donors (Lipinski definition) is 2. The van der Waals surface area contributed by atoms with Gasteiger partial charge in [0.2, 0.25) is 10.0 Å². The molecule has 1 aromatic carbocycles. The van der Waals surface area contributed by atoms with Crippen molar-refractivity contribution < 1.29 is 26.0 Å². The molecule has 3 saturated carbocycles. The molecule has 6 rings (SSSR count). The van der Waals surface area contributed by atoms with Crippen LogP contribution in [0.4, 0.5) is 23.4 Å². The first-order chi connectivity index (χ1) is 15.4. The van der Waals surface area contributed by atoms with Gasteiger partial charge in [-0.05, 0) is 43.9 Å². The number of nitrogens with zero attached hydrogens (tertiary/aromatic N) is 4. The molecule has 0 spiro atoms. The summed E-state index contributed by atoms with van der Waals surface area (Å²) in [5, 5.41) is 9.28. The Bertz CT molecular complexity index is 1450. The Kier molecular flexibility index (Phi) is 4.35. The number of halogens is 4. The molecule has 3 aliphatic carbocycles. The highest BCUT2D eigenvalue weighted by molar-refractivity contribution is 7.89. The highest BCUT2D eigenvalue weighted by Crippen LogP contribution is 2.61. The number of sulfonamides is 1. The molecule has 172 valence electrons. The van der Waals surface area contributed by atoms with E-state index >= 15 is 0 Å². The van der Waals surface area contributed by atoms with Crippen LogP contribution in [0.5, 0.6) is 0 Å². The van der Waals surface area contributed by atoms with Crippen molar-refractivity contribution in [3.63, 3.8) is 0 Å². The highest BCUT2D eigenvalue weighted by Gasteiger charge is 2.62. The average Bonchev–Trinajstić information content (AvgIpc) is 3.39. The number of nitriles is 1. The van der Waals surface area contributed by atoms with Gasteiger partial charge in [-0.2, -0.15) is 18.4 Å². The molecular weight excluding hydrogens is 464 g/mol. The molecule has 0 aliphatic heterocycles.